The van der Waals surface area contributed by atoms with E-state index in [1.54, 1.807) is 32.2 Å². The third-order valence-corrected chi connectivity index (χ3v) is 4.79. The Morgan fingerprint density at radius 3 is 2.50 bits per heavy atom. The van der Waals surface area contributed by atoms with Gasteiger partial charge in [0.2, 0.25) is 0 Å². The van der Waals surface area contributed by atoms with Crippen molar-refractivity contribution >= 4 is 17.0 Å². The highest BCUT2D eigenvalue weighted by molar-refractivity contribution is 6.06. The first kappa shape index (κ1) is 19.7. The summed E-state index contributed by atoms with van der Waals surface area (Å²) >= 11 is 0. The van der Waals surface area contributed by atoms with Crippen molar-refractivity contribution in [3.63, 3.8) is 0 Å². The molecule has 0 aliphatic rings. The van der Waals surface area contributed by atoms with Crippen molar-refractivity contribution in [2.45, 2.75) is 20.1 Å². The Morgan fingerprint density at radius 1 is 1.10 bits per heavy atom. The maximum atomic E-state index is 13.3. The lowest BCUT2D eigenvalue weighted by molar-refractivity contribution is 0.0952. The summed E-state index contributed by atoms with van der Waals surface area (Å²) in [5.74, 6) is -0.608. The number of pyridine rings is 1. The number of benzene rings is 2. The van der Waals surface area contributed by atoms with Gasteiger partial charge in [0.25, 0.3) is 11.6 Å². The normalized spacial score (nSPS) is 11.0. The number of fused-ring (bicyclic) bond motifs is 1. The molecule has 0 aliphatic carbocycles. The van der Waals surface area contributed by atoms with E-state index in [9.17, 15) is 9.18 Å². The number of carbonyl (C=O) groups is 1. The molecule has 2 aromatic heterocycles. The van der Waals surface area contributed by atoms with Crippen LogP contribution in [0.15, 0.2) is 59.1 Å². The number of hydrogen-bond acceptors (Lipinski definition) is 5. The molecule has 0 bridgehead atoms. The first-order valence-electron chi connectivity index (χ1n) is 9.43. The fourth-order valence-electron chi connectivity index (χ4n) is 3.24. The van der Waals surface area contributed by atoms with E-state index >= 15 is 0 Å². The van der Waals surface area contributed by atoms with E-state index in [0.29, 0.717) is 41.1 Å². The van der Waals surface area contributed by atoms with Gasteiger partial charge >= 0.3 is 0 Å². The Labute approximate surface area is 172 Å². The van der Waals surface area contributed by atoms with Crippen molar-refractivity contribution in [3.8, 4) is 11.3 Å². The molecule has 0 spiro atoms. The van der Waals surface area contributed by atoms with Crippen LogP contribution in [0, 0.1) is 12.7 Å². The van der Waals surface area contributed by atoms with Crippen LogP contribution in [0.1, 0.15) is 27.2 Å². The average molecular weight is 405 g/mol. The van der Waals surface area contributed by atoms with Crippen LogP contribution in [0.25, 0.3) is 22.4 Å². The third-order valence-electron chi connectivity index (χ3n) is 4.79. The minimum atomic E-state index is -0.343. The Hall–Kier alpha value is -3.58. The molecule has 7 heteroatoms. The summed E-state index contributed by atoms with van der Waals surface area (Å²) in [5.41, 5.74) is 4.47. The number of rotatable bonds is 6. The van der Waals surface area contributed by atoms with Gasteiger partial charge in [-0.25, -0.2) is 9.37 Å². The minimum absolute atomic E-state index is 0.266. The topological polar surface area (TPSA) is 77.2 Å². The van der Waals surface area contributed by atoms with Crippen molar-refractivity contribution in [1.82, 2.24) is 15.5 Å². The molecule has 2 aromatic carbocycles. The Kier molecular flexibility index (Phi) is 5.54. The SMILES string of the molecule is COCc1ccc(CNC(=O)c2cc(-c3ccc(F)cc3)nc3onc(C)c23)cc1. The van der Waals surface area contributed by atoms with Gasteiger partial charge in [0.05, 0.1) is 28.9 Å². The maximum Gasteiger partial charge on any atom is 0.259 e. The van der Waals surface area contributed by atoms with E-state index in [4.69, 9.17) is 9.26 Å². The number of aromatic nitrogens is 2. The van der Waals surface area contributed by atoms with E-state index in [0.717, 1.165) is 11.1 Å². The van der Waals surface area contributed by atoms with Crippen LogP contribution in [0.2, 0.25) is 0 Å². The zero-order valence-corrected chi connectivity index (χ0v) is 16.6. The van der Waals surface area contributed by atoms with Gasteiger partial charge < -0.3 is 14.6 Å². The second-order valence-electron chi connectivity index (χ2n) is 6.94. The summed E-state index contributed by atoms with van der Waals surface area (Å²) in [6, 6.07) is 15.4. The van der Waals surface area contributed by atoms with E-state index in [1.807, 2.05) is 24.3 Å². The van der Waals surface area contributed by atoms with Gasteiger partial charge in [0.1, 0.15) is 5.82 Å². The lowest BCUT2D eigenvalue weighted by Crippen LogP contribution is -2.23. The fraction of sp³-hybridized carbons (Fsp3) is 0.174. The monoisotopic (exact) mass is 405 g/mol. The largest absolute Gasteiger partial charge is 0.380 e. The summed E-state index contributed by atoms with van der Waals surface area (Å²) in [6.07, 6.45) is 0. The summed E-state index contributed by atoms with van der Waals surface area (Å²) < 4.78 is 23.7. The van der Waals surface area contributed by atoms with Crippen molar-refractivity contribution in [3.05, 3.63) is 82.8 Å². The van der Waals surface area contributed by atoms with Crippen molar-refractivity contribution in [2.75, 3.05) is 7.11 Å². The van der Waals surface area contributed by atoms with Gasteiger partial charge in [0, 0.05) is 19.2 Å². The van der Waals surface area contributed by atoms with Gasteiger partial charge in [-0.05, 0) is 48.4 Å². The Balaban J connectivity index is 1.62. The lowest BCUT2D eigenvalue weighted by Gasteiger charge is -2.09. The number of nitrogens with zero attached hydrogens (tertiary/aromatic N) is 2. The summed E-state index contributed by atoms with van der Waals surface area (Å²) in [5, 5.41) is 7.44. The Bertz CT molecular complexity index is 1190. The summed E-state index contributed by atoms with van der Waals surface area (Å²) in [4.78, 5) is 17.4. The molecule has 0 fully saturated rings. The molecule has 1 N–H and O–H groups in total. The molecule has 6 nitrogen and oxygen atoms in total. The van der Waals surface area contributed by atoms with Gasteiger partial charge in [-0.3, -0.25) is 4.79 Å². The zero-order chi connectivity index (χ0) is 21.1. The number of halogens is 1. The molecule has 0 aliphatic heterocycles. The predicted octanol–water partition coefficient (Wildman–Crippen LogP) is 4.41. The number of nitrogens with one attached hydrogen (secondary N) is 1. The minimum Gasteiger partial charge on any atom is -0.380 e. The fourth-order valence-corrected chi connectivity index (χ4v) is 3.24. The maximum absolute atomic E-state index is 13.3. The van der Waals surface area contributed by atoms with Crippen molar-refractivity contribution in [1.29, 1.82) is 0 Å². The molecule has 0 saturated carbocycles. The number of hydrogen-bond donors (Lipinski definition) is 1. The van der Waals surface area contributed by atoms with Gasteiger partial charge in [-0.15, -0.1) is 0 Å². The average Bonchev–Trinajstić information content (AvgIpc) is 3.14. The number of methoxy groups -OCH3 is 1. The van der Waals surface area contributed by atoms with Crippen molar-refractivity contribution < 1.29 is 18.4 Å². The third kappa shape index (κ3) is 4.06. The number of aryl methyl sites for hydroxylation is 1. The van der Waals surface area contributed by atoms with E-state index < -0.39 is 0 Å². The molecule has 0 unspecified atom stereocenters. The van der Waals surface area contributed by atoms with Gasteiger partial charge in [-0.2, -0.15) is 0 Å². The van der Waals surface area contributed by atoms with Crippen LogP contribution in [-0.4, -0.2) is 23.2 Å². The lowest BCUT2D eigenvalue weighted by atomic mass is 10.0. The second-order valence-corrected chi connectivity index (χ2v) is 6.94. The van der Waals surface area contributed by atoms with Gasteiger partial charge in [-0.1, -0.05) is 29.4 Å². The highest BCUT2D eigenvalue weighted by Crippen LogP contribution is 2.27. The zero-order valence-electron chi connectivity index (χ0n) is 16.6. The molecule has 1 amide bonds. The quantitative estimate of drug-likeness (QED) is 0.514. The smallest absolute Gasteiger partial charge is 0.259 e. The van der Waals surface area contributed by atoms with E-state index in [2.05, 4.69) is 15.5 Å². The molecule has 2 heterocycles. The molecule has 0 saturated heterocycles. The molecule has 30 heavy (non-hydrogen) atoms. The summed E-state index contributed by atoms with van der Waals surface area (Å²) in [7, 11) is 1.65. The van der Waals surface area contributed by atoms with Crippen molar-refractivity contribution in [2.24, 2.45) is 0 Å². The predicted molar refractivity (Wildman–Crippen MR) is 110 cm³/mol. The van der Waals surface area contributed by atoms with Crippen LogP contribution >= 0.6 is 0 Å². The number of carbonyl (C=O) groups excluding carboxylic acids is 1. The van der Waals surface area contributed by atoms with E-state index in [1.165, 1.54) is 12.1 Å². The van der Waals surface area contributed by atoms with Crippen LogP contribution < -0.4 is 5.32 Å². The molecule has 0 radical (unpaired) electrons. The number of ether oxygens (including phenoxy) is 1. The van der Waals surface area contributed by atoms with Crippen LogP contribution in [0.4, 0.5) is 4.39 Å². The molecular weight excluding hydrogens is 385 g/mol. The summed E-state index contributed by atoms with van der Waals surface area (Å²) in [6.45, 7) is 2.67. The first-order valence-corrected chi connectivity index (χ1v) is 9.43. The molecule has 4 aromatic rings. The molecule has 0 atom stereocenters. The number of amides is 1. The first-order chi connectivity index (χ1) is 14.5. The Morgan fingerprint density at radius 2 is 1.80 bits per heavy atom. The molecular formula is C23H20FN3O3. The molecule has 152 valence electrons. The standard InChI is InChI=1S/C23H20FN3O3/c1-14-21-19(22(28)25-12-15-3-5-16(6-4-15)13-29-2)11-20(26-23(21)30-27-14)17-7-9-18(24)10-8-17/h3-11H,12-13H2,1-2H3,(H,25,28). The highest BCUT2D eigenvalue weighted by atomic mass is 19.1. The van der Waals surface area contributed by atoms with E-state index in [-0.39, 0.29) is 17.4 Å². The van der Waals surface area contributed by atoms with Crippen LogP contribution in [-0.2, 0) is 17.9 Å². The van der Waals surface area contributed by atoms with Crippen LogP contribution in [0.5, 0.6) is 0 Å². The van der Waals surface area contributed by atoms with Gasteiger partial charge in [0.15, 0.2) is 0 Å². The van der Waals surface area contributed by atoms with Crippen LogP contribution in [0.3, 0.4) is 0 Å². The second kappa shape index (κ2) is 8.42. The highest BCUT2D eigenvalue weighted by Gasteiger charge is 2.19. The molecule has 4 rings (SSSR count).